The van der Waals surface area contributed by atoms with Crippen molar-refractivity contribution in [1.82, 2.24) is 5.16 Å². The molecule has 1 amide bonds. The Kier molecular flexibility index (Phi) is 3.96. The van der Waals surface area contributed by atoms with Crippen LogP contribution < -0.4 is 5.32 Å². The third-order valence-electron chi connectivity index (χ3n) is 3.32. The first-order valence-corrected chi connectivity index (χ1v) is 6.85. The molecule has 0 radical (unpaired) electrons. The standard InChI is InChI=1S/C15H15FN2O3/c16-11-4-1-3-10(7-11)13-9-14(18-21-13)17-15(19)8-12-5-2-6-20-12/h1,3-4,7,9,12H,2,5-6,8H2,(H,17,18,19). The summed E-state index contributed by atoms with van der Waals surface area (Å²) in [6.45, 7) is 0.714. The molecule has 1 atom stereocenters. The van der Waals surface area contributed by atoms with Crippen LogP contribution in [0.5, 0.6) is 0 Å². The van der Waals surface area contributed by atoms with E-state index in [1.165, 1.54) is 12.1 Å². The minimum absolute atomic E-state index is 0.0143. The molecule has 1 N–H and O–H groups in total. The highest BCUT2D eigenvalue weighted by molar-refractivity contribution is 5.90. The van der Waals surface area contributed by atoms with Crippen LogP contribution >= 0.6 is 0 Å². The number of hydrogen-bond acceptors (Lipinski definition) is 4. The monoisotopic (exact) mass is 290 g/mol. The first-order valence-electron chi connectivity index (χ1n) is 6.85. The van der Waals surface area contributed by atoms with Gasteiger partial charge in [0.15, 0.2) is 11.6 Å². The Labute approximate surface area is 121 Å². The molecule has 3 rings (SSSR count). The molecule has 110 valence electrons. The topological polar surface area (TPSA) is 64.4 Å². The fourth-order valence-electron chi connectivity index (χ4n) is 2.32. The molecule has 5 nitrogen and oxygen atoms in total. The van der Waals surface area contributed by atoms with Gasteiger partial charge in [-0.1, -0.05) is 17.3 Å². The third-order valence-corrected chi connectivity index (χ3v) is 3.32. The number of halogens is 1. The van der Waals surface area contributed by atoms with E-state index in [2.05, 4.69) is 10.5 Å². The van der Waals surface area contributed by atoms with Gasteiger partial charge >= 0.3 is 0 Å². The maximum atomic E-state index is 13.2. The minimum atomic E-state index is -0.354. The molecular weight excluding hydrogens is 275 g/mol. The van der Waals surface area contributed by atoms with Gasteiger partial charge in [0.05, 0.1) is 12.5 Å². The summed E-state index contributed by atoms with van der Waals surface area (Å²) in [5.41, 5.74) is 0.571. The lowest BCUT2D eigenvalue weighted by atomic mass is 10.1. The van der Waals surface area contributed by atoms with E-state index in [1.807, 2.05) is 0 Å². The van der Waals surface area contributed by atoms with Gasteiger partial charge in [-0.25, -0.2) is 4.39 Å². The number of rotatable bonds is 4. The highest BCUT2D eigenvalue weighted by Gasteiger charge is 2.20. The molecule has 2 heterocycles. The van der Waals surface area contributed by atoms with Gasteiger partial charge in [-0.3, -0.25) is 4.79 Å². The molecule has 1 aromatic heterocycles. The number of carbonyl (C=O) groups is 1. The van der Waals surface area contributed by atoms with Crippen molar-refractivity contribution in [1.29, 1.82) is 0 Å². The minimum Gasteiger partial charge on any atom is -0.378 e. The number of nitrogens with one attached hydrogen (secondary N) is 1. The van der Waals surface area contributed by atoms with Crippen molar-refractivity contribution in [2.24, 2.45) is 0 Å². The Balaban J connectivity index is 1.63. The maximum absolute atomic E-state index is 13.2. The van der Waals surface area contributed by atoms with Crippen LogP contribution in [0.15, 0.2) is 34.9 Å². The van der Waals surface area contributed by atoms with E-state index < -0.39 is 0 Å². The normalized spacial score (nSPS) is 17.9. The van der Waals surface area contributed by atoms with Gasteiger partial charge in [0, 0.05) is 18.2 Å². The van der Waals surface area contributed by atoms with Crippen molar-refractivity contribution in [3.8, 4) is 11.3 Å². The largest absolute Gasteiger partial charge is 0.378 e. The molecule has 0 bridgehead atoms. The third kappa shape index (κ3) is 3.46. The molecule has 6 heteroatoms. The highest BCUT2D eigenvalue weighted by Crippen LogP contribution is 2.23. The van der Waals surface area contributed by atoms with Crippen LogP contribution in [0.2, 0.25) is 0 Å². The fourth-order valence-corrected chi connectivity index (χ4v) is 2.32. The fraction of sp³-hybridized carbons (Fsp3) is 0.333. The summed E-state index contributed by atoms with van der Waals surface area (Å²) in [5.74, 6) is 0.202. The molecule has 0 aliphatic carbocycles. The van der Waals surface area contributed by atoms with Gasteiger partial charge in [0.2, 0.25) is 5.91 Å². The van der Waals surface area contributed by atoms with E-state index in [4.69, 9.17) is 9.26 Å². The smallest absolute Gasteiger partial charge is 0.228 e. The summed E-state index contributed by atoms with van der Waals surface area (Å²) >= 11 is 0. The second-order valence-electron chi connectivity index (χ2n) is 4.97. The van der Waals surface area contributed by atoms with Crippen molar-refractivity contribution in [2.45, 2.75) is 25.4 Å². The molecule has 0 spiro atoms. The van der Waals surface area contributed by atoms with Gasteiger partial charge in [0.1, 0.15) is 5.82 Å². The number of nitrogens with zero attached hydrogens (tertiary/aromatic N) is 1. The zero-order chi connectivity index (χ0) is 14.7. The molecule has 1 saturated heterocycles. The van der Waals surface area contributed by atoms with Gasteiger partial charge in [-0.2, -0.15) is 0 Å². The van der Waals surface area contributed by atoms with Crippen LogP contribution in [0.25, 0.3) is 11.3 Å². The average molecular weight is 290 g/mol. The van der Waals surface area contributed by atoms with Gasteiger partial charge in [-0.05, 0) is 25.0 Å². The highest BCUT2D eigenvalue weighted by atomic mass is 19.1. The van der Waals surface area contributed by atoms with Crippen molar-refractivity contribution >= 4 is 11.7 Å². The average Bonchev–Trinajstić information content (AvgIpc) is 3.10. The zero-order valence-corrected chi connectivity index (χ0v) is 11.3. The summed E-state index contributed by atoms with van der Waals surface area (Å²) in [7, 11) is 0. The first-order chi connectivity index (χ1) is 10.2. The molecule has 1 fully saturated rings. The van der Waals surface area contributed by atoms with E-state index in [0.29, 0.717) is 30.2 Å². The number of anilines is 1. The molecule has 0 saturated carbocycles. The number of carbonyl (C=O) groups excluding carboxylic acids is 1. The lowest BCUT2D eigenvalue weighted by Gasteiger charge is -2.07. The van der Waals surface area contributed by atoms with E-state index in [1.54, 1.807) is 18.2 Å². The molecule has 1 aliphatic heterocycles. The summed E-state index contributed by atoms with van der Waals surface area (Å²) in [6, 6.07) is 7.56. The van der Waals surface area contributed by atoms with E-state index >= 15 is 0 Å². The Morgan fingerprint density at radius 3 is 3.10 bits per heavy atom. The molecule has 1 aliphatic rings. The second kappa shape index (κ2) is 6.05. The second-order valence-corrected chi connectivity index (χ2v) is 4.97. The van der Waals surface area contributed by atoms with E-state index in [0.717, 1.165) is 12.8 Å². The number of aromatic nitrogens is 1. The molecular formula is C15H15FN2O3. The van der Waals surface area contributed by atoms with Crippen LogP contribution in [-0.2, 0) is 9.53 Å². The van der Waals surface area contributed by atoms with Crippen LogP contribution in [0.4, 0.5) is 10.2 Å². The van der Waals surface area contributed by atoms with Gasteiger partial charge in [-0.15, -0.1) is 0 Å². The van der Waals surface area contributed by atoms with Crippen LogP contribution in [0, 0.1) is 5.82 Å². The van der Waals surface area contributed by atoms with Crippen LogP contribution in [-0.4, -0.2) is 23.8 Å². The number of hydrogen-bond donors (Lipinski definition) is 1. The quantitative estimate of drug-likeness (QED) is 0.940. The summed E-state index contributed by atoms with van der Waals surface area (Å²) in [5, 5.41) is 6.42. The Morgan fingerprint density at radius 2 is 2.33 bits per heavy atom. The first kappa shape index (κ1) is 13.8. The van der Waals surface area contributed by atoms with Gasteiger partial charge in [0.25, 0.3) is 0 Å². The predicted molar refractivity (Wildman–Crippen MR) is 74.1 cm³/mol. The maximum Gasteiger partial charge on any atom is 0.228 e. The molecule has 21 heavy (non-hydrogen) atoms. The lowest BCUT2D eigenvalue weighted by molar-refractivity contribution is -0.118. The summed E-state index contributed by atoms with van der Waals surface area (Å²) in [6.07, 6.45) is 2.19. The van der Waals surface area contributed by atoms with Crippen molar-refractivity contribution in [2.75, 3.05) is 11.9 Å². The Morgan fingerprint density at radius 1 is 1.43 bits per heavy atom. The van der Waals surface area contributed by atoms with Crippen molar-refractivity contribution in [3.63, 3.8) is 0 Å². The van der Waals surface area contributed by atoms with Crippen molar-refractivity contribution < 1.29 is 18.4 Å². The van der Waals surface area contributed by atoms with Crippen molar-refractivity contribution in [3.05, 3.63) is 36.1 Å². The molecule has 2 aromatic rings. The molecule has 1 aromatic carbocycles. The van der Waals surface area contributed by atoms with E-state index in [-0.39, 0.29) is 17.8 Å². The summed E-state index contributed by atoms with van der Waals surface area (Å²) in [4.78, 5) is 11.8. The SMILES string of the molecule is O=C(CC1CCCO1)Nc1cc(-c2cccc(F)c2)on1. The summed E-state index contributed by atoms with van der Waals surface area (Å²) < 4.78 is 23.7. The van der Waals surface area contributed by atoms with E-state index in [9.17, 15) is 9.18 Å². The van der Waals surface area contributed by atoms with Crippen LogP contribution in [0.3, 0.4) is 0 Å². The zero-order valence-electron chi connectivity index (χ0n) is 11.3. The van der Waals surface area contributed by atoms with Gasteiger partial charge < -0.3 is 14.6 Å². The number of ether oxygens (including phenoxy) is 1. The lowest BCUT2D eigenvalue weighted by Crippen LogP contribution is -2.19. The predicted octanol–water partition coefficient (Wildman–Crippen LogP) is 2.99. The number of amides is 1. The number of benzene rings is 1. The molecule has 1 unspecified atom stereocenters. The van der Waals surface area contributed by atoms with Crippen LogP contribution in [0.1, 0.15) is 19.3 Å². The Bertz CT molecular complexity index is 635. The Hall–Kier alpha value is -2.21.